The Morgan fingerprint density at radius 1 is 1.32 bits per heavy atom. The number of anilines is 1. The van der Waals surface area contributed by atoms with E-state index in [1.807, 2.05) is 6.20 Å². The standard InChI is InChI=1S/C15H18N6S/c1-9-3-16-4-11(9)19-14-7-17-5-12(20-14)13-6-18-15-21(13)8-10(2)22-15/h5-9,11,16H,3-4H2,1-2H3,(H,19,20). The maximum Gasteiger partial charge on any atom is 0.194 e. The molecule has 0 spiro atoms. The van der Waals surface area contributed by atoms with E-state index in [0.29, 0.717) is 12.0 Å². The van der Waals surface area contributed by atoms with Crippen LogP contribution in [0, 0.1) is 12.8 Å². The Kier molecular flexibility index (Phi) is 3.31. The predicted octanol–water partition coefficient (Wildman–Crippen LogP) is 2.18. The van der Waals surface area contributed by atoms with Crippen LogP contribution in [0.15, 0.2) is 24.8 Å². The zero-order chi connectivity index (χ0) is 15.1. The minimum atomic E-state index is 0.401. The smallest absolute Gasteiger partial charge is 0.194 e. The number of imidazole rings is 1. The fourth-order valence-electron chi connectivity index (χ4n) is 2.84. The first kappa shape index (κ1) is 13.7. The van der Waals surface area contributed by atoms with E-state index in [2.05, 4.69) is 45.0 Å². The molecule has 2 unspecified atom stereocenters. The molecule has 3 aromatic rings. The minimum absolute atomic E-state index is 0.401. The number of rotatable bonds is 3. The van der Waals surface area contributed by atoms with Crippen LogP contribution in [0.4, 0.5) is 5.82 Å². The molecule has 0 radical (unpaired) electrons. The molecule has 2 atom stereocenters. The molecule has 0 amide bonds. The van der Waals surface area contributed by atoms with E-state index in [1.165, 1.54) is 4.88 Å². The molecule has 0 aromatic carbocycles. The summed E-state index contributed by atoms with van der Waals surface area (Å²) < 4.78 is 2.08. The average Bonchev–Trinajstić information content (AvgIpc) is 3.16. The van der Waals surface area contributed by atoms with E-state index >= 15 is 0 Å². The quantitative estimate of drug-likeness (QED) is 0.775. The summed E-state index contributed by atoms with van der Waals surface area (Å²) in [5.41, 5.74) is 1.82. The first-order valence-electron chi connectivity index (χ1n) is 7.44. The molecule has 114 valence electrons. The zero-order valence-electron chi connectivity index (χ0n) is 12.6. The lowest BCUT2D eigenvalue weighted by molar-refractivity contribution is 0.593. The van der Waals surface area contributed by atoms with Crippen LogP contribution in [0.3, 0.4) is 0 Å². The topological polar surface area (TPSA) is 67.1 Å². The van der Waals surface area contributed by atoms with Crippen LogP contribution >= 0.6 is 11.3 Å². The van der Waals surface area contributed by atoms with E-state index in [4.69, 9.17) is 4.98 Å². The van der Waals surface area contributed by atoms with Gasteiger partial charge in [0.25, 0.3) is 0 Å². The highest BCUT2D eigenvalue weighted by atomic mass is 32.1. The van der Waals surface area contributed by atoms with Crippen LogP contribution < -0.4 is 10.6 Å². The normalized spacial score (nSPS) is 21.5. The largest absolute Gasteiger partial charge is 0.364 e. The maximum atomic E-state index is 4.71. The average molecular weight is 314 g/mol. The van der Waals surface area contributed by atoms with Gasteiger partial charge >= 0.3 is 0 Å². The van der Waals surface area contributed by atoms with Gasteiger partial charge in [0.05, 0.1) is 24.3 Å². The molecule has 4 rings (SSSR count). The Morgan fingerprint density at radius 2 is 2.23 bits per heavy atom. The molecular formula is C15H18N6S. The third kappa shape index (κ3) is 2.36. The third-order valence-corrected chi connectivity index (χ3v) is 4.99. The van der Waals surface area contributed by atoms with Crippen molar-refractivity contribution in [2.75, 3.05) is 18.4 Å². The molecule has 7 heteroatoms. The van der Waals surface area contributed by atoms with E-state index in [9.17, 15) is 0 Å². The lowest BCUT2D eigenvalue weighted by atomic mass is 10.1. The van der Waals surface area contributed by atoms with E-state index < -0.39 is 0 Å². The second-order valence-electron chi connectivity index (χ2n) is 5.81. The molecule has 22 heavy (non-hydrogen) atoms. The van der Waals surface area contributed by atoms with Gasteiger partial charge in [-0.3, -0.25) is 9.38 Å². The van der Waals surface area contributed by atoms with Gasteiger partial charge in [0.1, 0.15) is 11.5 Å². The van der Waals surface area contributed by atoms with Gasteiger partial charge in [-0.05, 0) is 19.4 Å². The van der Waals surface area contributed by atoms with E-state index in [0.717, 1.165) is 35.3 Å². The second kappa shape index (κ2) is 5.33. The lowest BCUT2D eigenvalue weighted by Gasteiger charge is -2.16. The summed E-state index contributed by atoms with van der Waals surface area (Å²) in [6.07, 6.45) is 7.52. The number of hydrogen-bond donors (Lipinski definition) is 2. The van der Waals surface area contributed by atoms with Gasteiger partial charge in [-0.1, -0.05) is 6.92 Å². The highest BCUT2D eigenvalue weighted by molar-refractivity contribution is 7.17. The Hall–Kier alpha value is -1.99. The third-order valence-electron chi connectivity index (χ3n) is 4.07. The number of nitrogens with one attached hydrogen (secondary N) is 2. The van der Waals surface area contributed by atoms with Gasteiger partial charge in [-0.25, -0.2) is 9.97 Å². The van der Waals surface area contributed by atoms with Crippen molar-refractivity contribution in [1.82, 2.24) is 24.7 Å². The summed E-state index contributed by atoms with van der Waals surface area (Å²) in [5, 5.41) is 6.87. The van der Waals surface area contributed by atoms with Crippen LogP contribution in [-0.2, 0) is 0 Å². The minimum Gasteiger partial charge on any atom is -0.364 e. The van der Waals surface area contributed by atoms with E-state index in [-0.39, 0.29) is 0 Å². The van der Waals surface area contributed by atoms with Crippen LogP contribution in [-0.4, -0.2) is 38.5 Å². The van der Waals surface area contributed by atoms with Gasteiger partial charge < -0.3 is 10.6 Å². The van der Waals surface area contributed by atoms with Crippen molar-refractivity contribution in [2.24, 2.45) is 5.92 Å². The fraction of sp³-hybridized carbons (Fsp3) is 0.400. The summed E-state index contributed by atoms with van der Waals surface area (Å²) in [5.74, 6) is 1.41. The van der Waals surface area contributed by atoms with Crippen molar-refractivity contribution >= 4 is 22.1 Å². The van der Waals surface area contributed by atoms with Crippen molar-refractivity contribution in [3.63, 3.8) is 0 Å². The Bertz CT molecular complexity index is 807. The second-order valence-corrected chi connectivity index (χ2v) is 7.03. The molecule has 0 saturated carbocycles. The van der Waals surface area contributed by atoms with Crippen molar-refractivity contribution in [3.05, 3.63) is 29.7 Å². The van der Waals surface area contributed by atoms with Gasteiger partial charge in [-0.15, -0.1) is 11.3 Å². The molecule has 2 N–H and O–H groups in total. The molecule has 0 bridgehead atoms. The molecule has 1 fully saturated rings. The summed E-state index contributed by atoms with van der Waals surface area (Å²) in [4.78, 5) is 15.7. The summed E-state index contributed by atoms with van der Waals surface area (Å²) in [6, 6.07) is 0.401. The molecule has 3 aromatic heterocycles. The van der Waals surface area contributed by atoms with Gasteiger partial charge in [0.15, 0.2) is 4.96 Å². The Balaban J connectivity index is 1.66. The Labute approximate surface area is 132 Å². The summed E-state index contributed by atoms with van der Waals surface area (Å²) >= 11 is 1.68. The number of fused-ring (bicyclic) bond motifs is 1. The highest BCUT2D eigenvalue weighted by Crippen LogP contribution is 2.24. The first-order valence-corrected chi connectivity index (χ1v) is 8.25. The molecule has 1 aliphatic heterocycles. The SMILES string of the molecule is Cc1cn2c(-c3cncc(NC4CNCC4C)n3)cnc2s1. The lowest BCUT2D eigenvalue weighted by Crippen LogP contribution is -2.27. The number of aryl methyl sites for hydroxylation is 1. The van der Waals surface area contributed by atoms with Gasteiger partial charge in [-0.2, -0.15) is 0 Å². The first-order chi connectivity index (χ1) is 10.7. The predicted molar refractivity (Wildman–Crippen MR) is 88.3 cm³/mol. The zero-order valence-corrected chi connectivity index (χ0v) is 13.4. The van der Waals surface area contributed by atoms with Crippen LogP contribution in [0.5, 0.6) is 0 Å². The number of thiazole rings is 1. The summed E-state index contributed by atoms with van der Waals surface area (Å²) in [7, 11) is 0. The summed E-state index contributed by atoms with van der Waals surface area (Å²) in [6.45, 7) is 6.33. The molecule has 6 nitrogen and oxygen atoms in total. The van der Waals surface area contributed by atoms with Crippen molar-refractivity contribution in [1.29, 1.82) is 0 Å². The van der Waals surface area contributed by atoms with Crippen LogP contribution in [0.25, 0.3) is 16.3 Å². The molecule has 0 aliphatic carbocycles. The molecule has 1 saturated heterocycles. The maximum absolute atomic E-state index is 4.71. The van der Waals surface area contributed by atoms with Gasteiger partial charge in [0.2, 0.25) is 0 Å². The van der Waals surface area contributed by atoms with Crippen LogP contribution in [0.2, 0.25) is 0 Å². The van der Waals surface area contributed by atoms with Crippen LogP contribution in [0.1, 0.15) is 11.8 Å². The monoisotopic (exact) mass is 314 g/mol. The van der Waals surface area contributed by atoms with E-state index in [1.54, 1.807) is 23.7 Å². The number of nitrogens with zero attached hydrogens (tertiary/aromatic N) is 4. The molecular weight excluding hydrogens is 296 g/mol. The van der Waals surface area contributed by atoms with Gasteiger partial charge in [0, 0.05) is 23.7 Å². The fourth-order valence-corrected chi connectivity index (χ4v) is 3.64. The number of hydrogen-bond acceptors (Lipinski definition) is 6. The van der Waals surface area contributed by atoms with Crippen molar-refractivity contribution in [3.8, 4) is 11.4 Å². The molecule has 1 aliphatic rings. The molecule has 4 heterocycles. The number of aromatic nitrogens is 4. The Morgan fingerprint density at radius 3 is 3.05 bits per heavy atom. The highest BCUT2D eigenvalue weighted by Gasteiger charge is 2.23. The van der Waals surface area contributed by atoms with Crippen molar-refractivity contribution in [2.45, 2.75) is 19.9 Å². The van der Waals surface area contributed by atoms with Crippen molar-refractivity contribution < 1.29 is 0 Å².